The fourth-order valence-corrected chi connectivity index (χ4v) is 5.64. The molecule has 40 heavy (non-hydrogen) atoms. The molecule has 1 aromatic heterocycles. The minimum Gasteiger partial charge on any atom is -0.380 e. The number of nitrogens with zero attached hydrogens (tertiary/aromatic N) is 3. The van der Waals surface area contributed by atoms with Crippen LogP contribution < -0.4 is 20.9 Å². The molecule has 3 heterocycles. The number of ether oxygens (including phenoxy) is 1. The highest BCUT2D eigenvalue weighted by atomic mass is 19.1. The molecule has 1 amide bonds. The number of benzene rings is 2. The molecule has 2 saturated heterocycles. The summed E-state index contributed by atoms with van der Waals surface area (Å²) in [4.78, 5) is 21.0. The lowest BCUT2D eigenvalue weighted by molar-refractivity contribution is 0.102. The number of amides is 1. The largest absolute Gasteiger partial charge is 0.380 e. The van der Waals surface area contributed by atoms with Crippen molar-refractivity contribution < 1.29 is 27.1 Å². The van der Waals surface area contributed by atoms with Crippen LogP contribution >= 0.6 is 0 Å². The van der Waals surface area contributed by atoms with E-state index in [9.17, 15) is 9.18 Å². The van der Waals surface area contributed by atoms with Crippen LogP contribution in [-0.2, 0) is 4.74 Å². The second-order valence-corrected chi connectivity index (χ2v) is 10.5. The highest BCUT2D eigenvalue weighted by molar-refractivity contribution is 6.06. The summed E-state index contributed by atoms with van der Waals surface area (Å²) >= 11 is 0. The molecule has 3 N–H and O–H groups in total. The molecule has 2 aliphatic heterocycles. The van der Waals surface area contributed by atoms with Crippen LogP contribution in [0.4, 0.5) is 34.6 Å². The molecule has 2 aromatic carbocycles. The van der Waals surface area contributed by atoms with Crippen LogP contribution in [0.5, 0.6) is 0 Å². The third kappa shape index (κ3) is 5.48. The van der Waals surface area contributed by atoms with E-state index in [2.05, 4.69) is 17.2 Å². The molecule has 0 unspecified atom stereocenters. The summed E-state index contributed by atoms with van der Waals surface area (Å²) in [5.74, 6) is -5.45. The monoisotopic (exact) mass is 557 g/mol. The second-order valence-electron chi connectivity index (χ2n) is 10.5. The number of methoxy groups -OCH3 is 1. The highest BCUT2D eigenvalue weighted by Gasteiger charge is 2.29. The normalized spacial score (nSPS) is 21.1. The number of carbonyl (C=O) groups is 1. The Morgan fingerprint density at radius 3 is 2.45 bits per heavy atom. The zero-order valence-corrected chi connectivity index (χ0v) is 22.3. The molecule has 5 rings (SSSR count). The van der Waals surface area contributed by atoms with E-state index in [4.69, 9.17) is 10.5 Å². The zero-order chi connectivity index (χ0) is 28.6. The summed E-state index contributed by atoms with van der Waals surface area (Å²) in [6.45, 7) is 4.30. The smallest absolute Gasteiger partial charge is 0.258 e. The summed E-state index contributed by atoms with van der Waals surface area (Å²) in [6, 6.07) is 5.49. The number of nitrogens with two attached hydrogens (primary N) is 1. The van der Waals surface area contributed by atoms with E-state index in [0.29, 0.717) is 49.9 Å². The molecule has 11 heteroatoms. The van der Waals surface area contributed by atoms with Crippen molar-refractivity contribution in [3.63, 3.8) is 0 Å². The first-order chi connectivity index (χ1) is 19.2. The summed E-state index contributed by atoms with van der Waals surface area (Å²) in [5, 5.41) is 2.63. The van der Waals surface area contributed by atoms with Crippen molar-refractivity contribution in [1.82, 2.24) is 4.98 Å². The van der Waals surface area contributed by atoms with Crippen molar-refractivity contribution in [2.24, 2.45) is 11.7 Å². The molecule has 0 aliphatic carbocycles. The van der Waals surface area contributed by atoms with Gasteiger partial charge >= 0.3 is 0 Å². The molecule has 0 spiro atoms. The summed E-state index contributed by atoms with van der Waals surface area (Å²) < 4.78 is 66.3. The molecule has 3 aromatic rings. The number of aromatic nitrogens is 1. The highest BCUT2D eigenvalue weighted by Crippen LogP contribution is 2.36. The molecular weight excluding hydrogens is 526 g/mol. The van der Waals surface area contributed by atoms with Crippen molar-refractivity contribution in [3.8, 4) is 11.1 Å². The standard InChI is InChI=1S/C29H31F4N5O2/c1-16-9-17(34)14-38(13-16)25-5-7-35-12-24(25)36-29(39)20-3-4-21(30)27(28(20)33)26-22(31)10-18(11-23(26)32)37-8-6-19(15-37)40-2/h3-5,7,10-12,16-17,19H,6,8-9,13-15,34H2,1-2H3,(H,36,39)/t16-,17+,19+/m1/s1. The SMILES string of the molecule is CO[C@H]1CCN(c2cc(F)c(-c3c(F)ccc(C(=O)Nc4cnccc4N4C[C@H](C)C[C@H](N)C4)c3F)c(F)c2)C1. The first-order valence-electron chi connectivity index (χ1n) is 13.2. The average molecular weight is 558 g/mol. The van der Waals surface area contributed by atoms with Crippen LogP contribution in [0.1, 0.15) is 30.1 Å². The van der Waals surface area contributed by atoms with E-state index in [-0.39, 0.29) is 17.8 Å². The van der Waals surface area contributed by atoms with Gasteiger partial charge in [0.25, 0.3) is 5.91 Å². The number of hydrogen-bond acceptors (Lipinski definition) is 6. The van der Waals surface area contributed by atoms with Gasteiger partial charge < -0.3 is 25.6 Å². The van der Waals surface area contributed by atoms with Crippen molar-refractivity contribution in [2.45, 2.75) is 31.9 Å². The number of carbonyl (C=O) groups excluding carboxylic acids is 1. The first kappa shape index (κ1) is 27.9. The molecule has 0 saturated carbocycles. The van der Waals surface area contributed by atoms with Crippen molar-refractivity contribution in [1.29, 1.82) is 0 Å². The van der Waals surface area contributed by atoms with E-state index in [1.807, 2.05) is 4.90 Å². The van der Waals surface area contributed by atoms with E-state index in [1.54, 1.807) is 24.3 Å². The second kappa shape index (κ2) is 11.4. The van der Waals surface area contributed by atoms with Gasteiger partial charge in [-0.3, -0.25) is 9.78 Å². The maximum absolute atomic E-state index is 15.7. The van der Waals surface area contributed by atoms with Gasteiger partial charge in [-0.15, -0.1) is 0 Å². The lowest BCUT2D eigenvalue weighted by atomic mass is 9.96. The minimum absolute atomic E-state index is 0.0550. The van der Waals surface area contributed by atoms with E-state index < -0.39 is 45.9 Å². The van der Waals surface area contributed by atoms with Crippen LogP contribution in [0.25, 0.3) is 11.1 Å². The molecule has 7 nitrogen and oxygen atoms in total. The van der Waals surface area contributed by atoms with Gasteiger partial charge in [0.15, 0.2) is 0 Å². The Morgan fingerprint density at radius 2 is 1.77 bits per heavy atom. The predicted octanol–water partition coefficient (Wildman–Crippen LogP) is 4.96. The Morgan fingerprint density at radius 1 is 1.02 bits per heavy atom. The van der Waals surface area contributed by atoms with Gasteiger partial charge in [-0.1, -0.05) is 6.92 Å². The van der Waals surface area contributed by atoms with E-state index >= 15 is 13.2 Å². The van der Waals surface area contributed by atoms with Crippen LogP contribution in [0.3, 0.4) is 0 Å². The molecule has 0 bridgehead atoms. The Kier molecular flexibility index (Phi) is 7.95. The fourth-order valence-electron chi connectivity index (χ4n) is 5.64. The third-order valence-electron chi connectivity index (χ3n) is 7.54. The third-order valence-corrected chi connectivity index (χ3v) is 7.54. The number of halogens is 4. The fraction of sp³-hybridized carbons (Fsp3) is 0.379. The summed E-state index contributed by atoms with van der Waals surface area (Å²) in [5.41, 5.74) is 4.98. The van der Waals surface area contributed by atoms with Gasteiger partial charge in [-0.25, -0.2) is 17.6 Å². The van der Waals surface area contributed by atoms with Gasteiger partial charge in [-0.2, -0.15) is 0 Å². The number of hydrogen-bond donors (Lipinski definition) is 2. The van der Waals surface area contributed by atoms with Gasteiger partial charge in [-0.05, 0) is 49.1 Å². The lowest BCUT2D eigenvalue weighted by Crippen LogP contribution is -2.46. The van der Waals surface area contributed by atoms with Crippen molar-refractivity contribution in [2.75, 3.05) is 48.4 Å². The molecule has 3 atom stereocenters. The van der Waals surface area contributed by atoms with E-state index in [1.165, 1.54) is 6.20 Å². The Labute approximate surface area is 229 Å². The van der Waals surface area contributed by atoms with Crippen LogP contribution in [0.2, 0.25) is 0 Å². The predicted molar refractivity (Wildman–Crippen MR) is 145 cm³/mol. The van der Waals surface area contributed by atoms with Crippen LogP contribution in [-0.4, -0.2) is 56.3 Å². The topological polar surface area (TPSA) is 83.7 Å². The first-order valence-corrected chi connectivity index (χ1v) is 13.2. The lowest BCUT2D eigenvalue weighted by Gasteiger charge is -2.37. The number of anilines is 3. The number of nitrogens with one attached hydrogen (secondary N) is 1. The van der Waals surface area contributed by atoms with Crippen LogP contribution in [0, 0.1) is 29.2 Å². The molecular formula is C29H31F4N5O2. The Bertz CT molecular complexity index is 1390. The maximum atomic E-state index is 15.7. The van der Waals surface area contributed by atoms with Crippen molar-refractivity contribution >= 4 is 23.0 Å². The average Bonchev–Trinajstić information content (AvgIpc) is 3.39. The number of piperidine rings is 1. The minimum atomic E-state index is -1.37. The van der Waals surface area contributed by atoms with Crippen LogP contribution in [0.15, 0.2) is 42.7 Å². The zero-order valence-electron chi connectivity index (χ0n) is 22.3. The quantitative estimate of drug-likeness (QED) is 0.417. The molecule has 2 fully saturated rings. The van der Waals surface area contributed by atoms with Gasteiger partial charge in [0.05, 0.1) is 40.4 Å². The summed E-state index contributed by atoms with van der Waals surface area (Å²) in [7, 11) is 1.56. The van der Waals surface area contributed by atoms with Crippen molar-refractivity contribution in [3.05, 3.63) is 71.6 Å². The van der Waals surface area contributed by atoms with Gasteiger partial charge in [0, 0.05) is 51.2 Å². The maximum Gasteiger partial charge on any atom is 0.258 e. The Balaban J connectivity index is 1.45. The van der Waals surface area contributed by atoms with Gasteiger partial charge in [0.2, 0.25) is 0 Å². The molecule has 0 radical (unpaired) electrons. The van der Waals surface area contributed by atoms with E-state index in [0.717, 1.165) is 30.7 Å². The Hall–Kier alpha value is -3.70. The molecule has 212 valence electrons. The van der Waals surface area contributed by atoms with Gasteiger partial charge in [0.1, 0.15) is 23.3 Å². The number of rotatable bonds is 6. The number of pyridine rings is 1. The summed E-state index contributed by atoms with van der Waals surface area (Å²) in [6.07, 6.45) is 4.46. The molecule has 2 aliphatic rings.